The summed E-state index contributed by atoms with van der Waals surface area (Å²) in [4.78, 5) is 9.01. The van der Waals surface area contributed by atoms with Gasteiger partial charge in [-0.1, -0.05) is 23.4 Å². The summed E-state index contributed by atoms with van der Waals surface area (Å²) in [6, 6.07) is 9.84. The quantitative estimate of drug-likeness (QED) is 0.544. The van der Waals surface area contributed by atoms with Crippen molar-refractivity contribution >= 4 is 33.5 Å². The van der Waals surface area contributed by atoms with Gasteiger partial charge in [0.2, 0.25) is 0 Å². The Balaban J connectivity index is 2.03. The second-order valence-corrected chi connectivity index (χ2v) is 5.00. The minimum atomic E-state index is 0.331. The molecule has 4 rings (SSSR count). The van der Waals surface area contributed by atoms with Crippen molar-refractivity contribution in [2.75, 3.05) is 0 Å². The second-order valence-electron chi connectivity index (χ2n) is 4.74. The molecule has 0 N–H and O–H groups in total. The number of rotatable bonds is 3. The maximum atomic E-state index is 6.04. The molecule has 0 spiro atoms. The Morgan fingerprint density at radius 3 is 2.86 bits per heavy atom. The van der Waals surface area contributed by atoms with Gasteiger partial charge in [0.05, 0.1) is 35.9 Å². The van der Waals surface area contributed by atoms with Gasteiger partial charge in [0.1, 0.15) is 11.3 Å². The molecule has 5 nitrogen and oxygen atoms in total. The van der Waals surface area contributed by atoms with Crippen LogP contribution in [0.5, 0.6) is 0 Å². The first-order valence-electron chi connectivity index (χ1n) is 6.55. The van der Waals surface area contributed by atoms with Crippen molar-refractivity contribution in [2.45, 2.75) is 12.4 Å². The SMILES string of the molecule is ClCc1nc2cnc3ccccc3c2n1Cc1ccno1. The fraction of sp³-hybridized carbons (Fsp3) is 0.133. The lowest BCUT2D eigenvalue weighted by Gasteiger charge is -2.07. The van der Waals surface area contributed by atoms with Crippen LogP contribution in [0.4, 0.5) is 0 Å². The van der Waals surface area contributed by atoms with Gasteiger partial charge >= 0.3 is 0 Å². The molecule has 0 saturated heterocycles. The van der Waals surface area contributed by atoms with Crippen molar-refractivity contribution in [3.8, 4) is 0 Å². The first-order chi connectivity index (χ1) is 10.4. The van der Waals surface area contributed by atoms with Crippen LogP contribution in [0.15, 0.2) is 47.2 Å². The average molecular weight is 299 g/mol. The molecule has 0 radical (unpaired) electrons. The molecule has 6 heteroatoms. The Morgan fingerprint density at radius 1 is 1.14 bits per heavy atom. The molecule has 0 bridgehead atoms. The number of nitrogens with zero attached hydrogens (tertiary/aromatic N) is 4. The van der Waals surface area contributed by atoms with E-state index in [0.717, 1.165) is 33.5 Å². The van der Waals surface area contributed by atoms with Gasteiger partial charge in [0.25, 0.3) is 0 Å². The van der Waals surface area contributed by atoms with Crippen LogP contribution in [0, 0.1) is 0 Å². The van der Waals surface area contributed by atoms with Crippen molar-refractivity contribution in [3.05, 3.63) is 54.3 Å². The van der Waals surface area contributed by atoms with Crippen molar-refractivity contribution in [1.82, 2.24) is 19.7 Å². The molecule has 0 saturated carbocycles. The standard InChI is InChI=1S/C15H11ClN4O/c16-7-14-19-13-8-17-12-4-2-1-3-11(12)15(13)20(14)9-10-5-6-18-21-10/h1-6,8H,7,9H2. The number of alkyl halides is 1. The van der Waals surface area contributed by atoms with Crippen LogP contribution in [0.3, 0.4) is 0 Å². The molecular formula is C15H11ClN4O. The predicted molar refractivity (Wildman–Crippen MR) is 80.2 cm³/mol. The molecule has 0 aliphatic heterocycles. The molecule has 0 atom stereocenters. The summed E-state index contributed by atoms with van der Waals surface area (Å²) < 4.78 is 7.27. The summed E-state index contributed by atoms with van der Waals surface area (Å²) in [6.07, 6.45) is 3.42. The Bertz CT molecular complexity index is 914. The van der Waals surface area contributed by atoms with Gasteiger partial charge in [-0.3, -0.25) is 4.98 Å². The normalized spacial score (nSPS) is 11.5. The number of benzene rings is 1. The van der Waals surface area contributed by atoms with Crippen LogP contribution in [-0.4, -0.2) is 19.7 Å². The minimum Gasteiger partial charge on any atom is -0.359 e. The van der Waals surface area contributed by atoms with Gasteiger partial charge in [-0.15, -0.1) is 11.6 Å². The molecule has 0 unspecified atom stereocenters. The number of hydrogen-bond donors (Lipinski definition) is 0. The largest absolute Gasteiger partial charge is 0.359 e. The van der Waals surface area contributed by atoms with E-state index in [-0.39, 0.29) is 0 Å². The average Bonchev–Trinajstić information content (AvgIpc) is 3.15. The Labute approximate surface area is 125 Å². The molecule has 1 aromatic carbocycles. The molecule has 0 aliphatic rings. The molecule has 0 fully saturated rings. The topological polar surface area (TPSA) is 56.7 Å². The third-order valence-electron chi connectivity index (χ3n) is 3.48. The lowest BCUT2D eigenvalue weighted by molar-refractivity contribution is 0.376. The minimum absolute atomic E-state index is 0.331. The smallest absolute Gasteiger partial charge is 0.156 e. The van der Waals surface area contributed by atoms with Gasteiger partial charge in [-0.2, -0.15) is 0 Å². The summed E-state index contributed by atoms with van der Waals surface area (Å²) >= 11 is 6.04. The van der Waals surface area contributed by atoms with Crippen molar-refractivity contribution < 1.29 is 4.52 Å². The van der Waals surface area contributed by atoms with Crippen molar-refractivity contribution in [1.29, 1.82) is 0 Å². The van der Waals surface area contributed by atoms with Crippen LogP contribution in [0.2, 0.25) is 0 Å². The molecule has 0 aliphatic carbocycles. The van der Waals surface area contributed by atoms with Crippen molar-refractivity contribution in [3.63, 3.8) is 0 Å². The van der Waals surface area contributed by atoms with E-state index in [4.69, 9.17) is 16.1 Å². The molecule has 0 amide bonds. The van der Waals surface area contributed by atoms with E-state index >= 15 is 0 Å². The third kappa shape index (κ3) is 1.97. The fourth-order valence-electron chi connectivity index (χ4n) is 2.56. The number of pyridine rings is 1. The van der Waals surface area contributed by atoms with E-state index in [1.54, 1.807) is 12.4 Å². The monoisotopic (exact) mass is 298 g/mol. The van der Waals surface area contributed by atoms with Gasteiger partial charge in [-0.05, 0) is 6.07 Å². The molecule has 21 heavy (non-hydrogen) atoms. The van der Waals surface area contributed by atoms with Gasteiger partial charge < -0.3 is 9.09 Å². The van der Waals surface area contributed by atoms with E-state index in [1.807, 2.05) is 30.3 Å². The van der Waals surface area contributed by atoms with Crippen LogP contribution in [-0.2, 0) is 12.4 Å². The van der Waals surface area contributed by atoms with Crippen LogP contribution in [0.25, 0.3) is 21.9 Å². The summed E-state index contributed by atoms with van der Waals surface area (Å²) in [7, 11) is 0. The van der Waals surface area contributed by atoms with Crippen LogP contribution in [0.1, 0.15) is 11.6 Å². The third-order valence-corrected chi connectivity index (χ3v) is 3.72. The number of aromatic nitrogens is 4. The van der Waals surface area contributed by atoms with E-state index in [1.165, 1.54) is 0 Å². The highest BCUT2D eigenvalue weighted by atomic mass is 35.5. The van der Waals surface area contributed by atoms with Gasteiger partial charge in [0, 0.05) is 11.5 Å². The Kier molecular flexibility index (Phi) is 2.86. The van der Waals surface area contributed by atoms with Crippen LogP contribution >= 0.6 is 11.6 Å². The van der Waals surface area contributed by atoms with Gasteiger partial charge in [0.15, 0.2) is 5.76 Å². The first-order valence-corrected chi connectivity index (χ1v) is 7.08. The summed E-state index contributed by atoms with van der Waals surface area (Å²) in [5.41, 5.74) is 2.79. The molecule has 104 valence electrons. The second kappa shape index (κ2) is 4.86. The summed E-state index contributed by atoms with van der Waals surface area (Å²) in [5.74, 6) is 1.89. The summed E-state index contributed by atoms with van der Waals surface area (Å²) in [6.45, 7) is 0.548. The highest BCUT2D eigenvalue weighted by Gasteiger charge is 2.14. The zero-order valence-electron chi connectivity index (χ0n) is 11.0. The highest BCUT2D eigenvalue weighted by Crippen LogP contribution is 2.26. The molecule has 3 heterocycles. The first kappa shape index (κ1) is 12.3. The Morgan fingerprint density at radius 2 is 2.05 bits per heavy atom. The van der Waals surface area contributed by atoms with E-state index < -0.39 is 0 Å². The lowest BCUT2D eigenvalue weighted by atomic mass is 10.2. The van der Waals surface area contributed by atoms with Crippen LogP contribution < -0.4 is 0 Å². The zero-order chi connectivity index (χ0) is 14.2. The fourth-order valence-corrected chi connectivity index (χ4v) is 2.77. The zero-order valence-corrected chi connectivity index (χ0v) is 11.8. The maximum absolute atomic E-state index is 6.04. The molecular weight excluding hydrogens is 288 g/mol. The van der Waals surface area contributed by atoms with Crippen molar-refractivity contribution in [2.24, 2.45) is 0 Å². The summed E-state index contributed by atoms with van der Waals surface area (Å²) in [5, 5.41) is 4.80. The maximum Gasteiger partial charge on any atom is 0.156 e. The molecule has 4 aromatic rings. The number of hydrogen-bond acceptors (Lipinski definition) is 4. The van der Waals surface area contributed by atoms with Gasteiger partial charge in [-0.25, -0.2) is 4.98 Å². The Hall–Kier alpha value is -2.40. The van der Waals surface area contributed by atoms with E-state index in [2.05, 4.69) is 19.7 Å². The number of para-hydroxylation sites is 1. The van der Waals surface area contributed by atoms with E-state index in [0.29, 0.717) is 12.4 Å². The van der Waals surface area contributed by atoms with E-state index in [9.17, 15) is 0 Å². The number of halogens is 1. The number of fused-ring (bicyclic) bond motifs is 3. The predicted octanol–water partition coefficient (Wildman–Crippen LogP) is 3.36. The molecule has 3 aromatic heterocycles. The highest BCUT2D eigenvalue weighted by molar-refractivity contribution is 6.17. The lowest BCUT2D eigenvalue weighted by Crippen LogP contribution is -2.03. The number of imidazole rings is 1.